The van der Waals surface area contributed by atoms with Crippen LogP contribution in [-0.4, -0.2) is 34.6 Å². The van der Waals surface area contributed by atoms with Gasteiger partial charge in [-0.15, -0.1) is 11.8 Å². The Morgan fingerprint density at radius 1 is 0.943 bits per heavy atom. The summed E-state index contributed by atoms with van der Waals surface area (Å²) >= 11 is 1.59. The molecule has 0 radical (unpaired) electrons. The molecule has 3 aromatic carbocycles. The Labute approximate surface area is 211 Å². The minimum Gasteiger partial charge on any atom is -0.352 e. The number of nitrogens with zero attached hydrogens (tertiary/aromatic N) is 1. The second kappa shape index (κ2) is 13.7. The number of rotatable bonds is 12. The van der Waals surface area contributed by atoms with Crippen molar-refractivity contribution in [3.63, 3.8) is 0 Å². The quantitative estimate of drug-likeness (QED) is 0.322. The summed E-state index contributed by atoms with van der Waals surface area (Å²) in [6, 6.07) is 25.2. The first-order chi connectivity index (χ1) is 17.0. The topological polar surface area (TPSA) is 49.4 Å². The molecule has 0 spiro atoms. The fourth-order valence-electron chi connectivity index (χ4n) is 3.72. The molecule has 0 aliphatic heterocycles. The Morgan fingerprint density at radius 3 is 2.23 bits per heavy atom. The van der Waals surface area contributed by atoms with Crippen molar-refractivity contribution >= 4 is 23.6 Å². The van der Waals surface area contributed by atoms with Crippen molar-refractivity contribution in [1.29, 1.82) is 0 Å². The van der Waals surface area contributed by atoms with Crippen LogP contribution in [0.3, 0.4) is 0 Å². The number of carbonyl (C=O) groups excluding carboxylic acids is 2. The third-order valence-electron chi connectivity index (χ3n) is 5.90. The van der Waals surface area contributed by atoms with E-state index < -0.39 is 6.04 Å². The SMILES string of the molecule is CCC(C)NC(=O)C(Cc1ccccc1)N(Cc1ccccc1F)C(=O)CCSc1ccccc1. The van der Waals surface area contributed by atoms with E-state index in [2.05, 4.69) is 5.32 Å². The standard InChI is InChI=1S/C29H33FN2O2S/c1-3-22(2)31-29(34)27(20-23-12-6-4-7-13-23)32(21-24-14-10-11-17-26(24)30)28(33)18-19-35-25-15-8-5-9-16-25/h4-17,22,27H,3,18-21H2,1-2H3,(H,31,34). The van der Waals surface area contributed by atoms with E-state index in [1.807, 2.05) is 74.5 Å². The van der Waals surface area contributed by atoms with E-state index in [9.17, 15) is 14.0 Å². The van der Waals surface area contributed by atoms with Gasteiger partial charge in [-0.1, -0.05) is 73.7 Å². The Hall–Kier alpha value is -3.12. The largest absolute Gasteiger partial charge is 0.352 e. The van der Waals surface area contributed by atoms with Gasteiger partial charge in [0.05, 0.1) is 0 Å². The van der Waals surface area contributed by atoms with Crippen LogP contribution in [0.25, 0.3) is 0 Å². The highest BCUT2D eigenvalue weighted by Crippen LogP contribution is 2.21. The molecule has 35 heavy (non-hydrogen) atoms. The predicted molar refractivity (Wildman–Crippen MR) is 141 cm³/mol. The number of nitrogens with one attached hydrogen (secondary N) is 1. The number of amides is 2. The number of thioether (sulfide) groups is 1. The molecular formula is C29H33FN2O2S. The average Bonchev–Trinajstić information content (AvgIpc) is 2.88. The molecule has 0 saturated heterocycles. The average molecular weight is 493 g/mol. The summed E-state index contributed by atoms with van der Waals surface area (Å²) in [5.41, 5.74) is 1.34. The Kier molecular flexibility index (Phi) is 10.4. The molecular weight excluding hydrogens is 459 g/mol. The zero-order valence-electron chi connectivity index (χ0n) is 20.3. The number of hydrogen-bond donors (Lipinski definition) is 1. The first-order valence-electron chi connectivity index (χ1n) is 12.0. The monoisotopic (exact) mass is 492 g/mol. The lowest BCUT2D eigenvalue weighted by atomic mass is 10.0. The van der Waals surface area contributed by atoms with Gasteiger partial charge < -0.3 is 10.2 Å². The van der Waals surface area contributed by atoms with E-state index >= 15 is 0 Å². The summed E-state index contributed by atoms with van der Waals surface area (Å²) in [5.74, 6) is -0.202. The zero-order valence-corrected chi connectivity index (χ0v) is 21.1. The maximum absolute atomic E-state index is 14.6. The van der Waals surface area contributed by atoms with Gasteiger partial charge in [-0.2, -0.15) is 0 Å². The van der Waals surface area contributed by atoms with Crippen LogP contribution < -0.4 is 5.32 Å². The first-order valence-corrected chi connectivity index (χ1v) is 13.0. The molecule has 0 saturated carbocycles. The maximum Gasteiger partial charge on any atom is 0.243 e. The summed E-state index contributed by atoms with van der Waals surface area (Å²) in [7, 11) is 0. The van der Waals surface area contributed by atoms with Crippen molar-refractivity contribution in [2.45, 2.75) is 56.6 Å². The molecule has 1 N–H and O–H groups in total. The third kappa shape index (κ3) is 8.25. The van der Waals surface area contributed by atoms with Crippen LogP contribution in [0, 0.1) is 5.82 Å². The molecule has 0 aromatic heterocycles. The van der Waals surface area contributed by atoms with E-state index in [0.717, 1.165) is 16.9 Å². The number of halogens is 1. The molecule has 3 rings (SSSR count). The second-order valence-corrected chi connectivity index (χ2v) is 9.72. The highest BCUT2D eigenvalue weighted by molar-refractivity contribution is 7.99. The van der Waals surface area contributed by atoms with E-state index in [-0.39, 0.29) is 36.6 Å². The molecule has 0 aliphatic carbocycles. The normalized spacial score (nSPS) is 12.5. The van der Waals surface area contributed by atoms with Crippen LogP contribution in [0.5, 0.6) is 0 Å². The minimum atomic E-state index is -0.750. The molecule has 2 amide bonds. The van der Waals surface area contributed by atoms with Gasteiger partial charge in [0.25, 0.3) is 0 Å². The van der Waals surface area contributed by atoms with Gasteiger partial charge >= 0.3 is 0 Å². The number of hydrogen-bond acceptors (Lipinski definition) is 3. The van der Waals surface area contributed by atoms with Crippen molar-refractivity contribution in [3.8, 4) is 0 Å². The first kappa shape index (κ1) is 26.5. The van der Waals surface area contributed by atoms with Crippen molar-refractivity contribution in [3.05, 3.63) is 102 Å². The second-order valence-electron chi connectivity index (χ2n) is 8.55. The highest BCUT2D eigenvalue weighted by atomic mass is 32.2. The van der Waals surface area contributed by atoms with Gasteiger partial charge in [-0.25, -0.2) is 4.39 Å². The van der Waals surface area contributed by atoms with Gasteiger partial charge in [0, 0.05) is 41.6 Å². The van der Waals surface area contributed by atoms with Crippen molar-refractivity contribution in [2.75, 3.05) is 5.75 Å². The van der Waals surface area contributed by atoms with Gasteiger partial charge in [-0.05, 0) is 37.1 Å². The predicted octanol–water partition coefficient (Wildman–Crippen LogP) is 5.86. The lowest BCUT2D eigenvalue weighted by molar-refractivity contribution is -0.141. The molecule has 184 valence electrons. The number of carbonyl (C=O) groups is 2. The molecule has 0 aliphatic rings. The Balaban J connectivity index is 1.87. The van der Waals surface area contributed by atoms with Crippen molar-refractivity contribution < 1.29 is 14.0 Å². The van der Waals surface area contributed by atoms with E-state index in [0.29, 0.717) is 17.7 Å². The zero-order chi connectivity index (χ0) is 25.0. The van der Waals surface area contributed by atoms with Crippen molar-refractivity contribution in [2.24, 2.45) is 0 Å². The molecule has 0 heterocycles. The highest BCUT2D eigenvalue weighted by Gasteiger charge is 2.31. The Morgan fingerprint density at radius 2 is 1.57 bits per heavy atom. The van der Waals surface area contributed by atoms with Gasteiger partial charge in [0.15, 0.2) is 0 Å². The van der Waals surface area contributed by atoms with Crippen LogP contribution >= 0.6 is 11.8 Å². The third-order valence-corrected chi connectivity index (χ3v) is 6.91. The molecule has 0 bridgehead atoms. The van der Waals surface area contributed by atoms with Gasteiger partial charge in [0.1, 0.15) is 11.9 Å². The van der Waals surface area contributed by atoms with Crippen LogP contribution in [0.2, 0.25) is 0 Å². The summed E-state index contributed by atoms with van der Waals surface area (Å²) in [5, 5.41) is 3.04. The summed E-state index contributed by atoms with van der Waals surface area (Å²) in [4.78, 5) is 29.6. The molecule has 4 nitrogen and oxygen atoms in total. The van der Waals surface area contributed by atoms with E-state index in [1.165, 1.54) is 6.07 Å². The van der Waals surface area contributed by atoms with Crippen LogP contribution in [-0.2, 0) is 22.6 Å². The van der Waals surface area contributed by atoms with Crippen LogP contribution in [0.4, 0.5) is 4.39 Å². The van der Waals surface area contributed by atoms with Crippen LogP contribution in [0.15, 0.2) is 89.8 Å². The maximum atomic E-state index is 14.6. The van der Waals surface area contributed by atoms with Gasteiger partial charge in [0.2, 0.25) is 11.8 Å². The molecule has 6 heteroatoms. The van der Waals surface area contributed by atoms with Gasteiger partial charge in [-0.3, -0.25) is 9.59 Å². The lowest BCUT2D eigenvalue weighted by Crippen LogP contribution is -2.52. The molecule has 2 unspecified atom stereocenters. The smallest absolute Gasteiger partial charge is 0.243 e. The minimum absolute atomic E-state index is 0.0279. The molecule has 0 fully saturated rings. The Bertz CT molecular complexity index is 1080. The number of benzene rings is 3. The molecule has 2 atom stereocenters. The van der Waals surface area contributed by atoms with E-state index in [4.69, 9.17) is 0 Å². The fourth-order valence-corrected chi connectivity index (χ4v) is 4.58. The fraction of sp³-hybridized carbons (Fsp3) is 0.310. The summed E-state index contributed by atoms with van der Waals surface area (Å²) < 4.78 is 14.6. The van der Waals surface area contributed by atoms with Crippen molar-refractivity contribution in [1.82, 2.24) is 10.2 Å². The summed E-state index contributed by atoms with van der Waals surface area (Å²) in [6.07, 6.45) is 1.38. The summed E-state index contributed by atoms with van der Waals surface area (Å²) in [6.45, 7) is 3.98. The lowest BCUT2D eigenvalue weighted by Gasteiger charge is -2.32. The van der Waals surface area contributed by atoms with E-state index in [1.54, 1.807) is 34.9 Å². The molecule has 3 aromatic rings. The van der Waals surface area contributed by atoms with Crippen LogP contribution in [0.1, 0.15) is 37.8 Å².